The van der Waals surface area contributed by atoms with Gasteiger partial charge in [-0.05, 0) is 39.0 Å². The van der Waals surface area contributed by atoms with Crippen LogP contribution in [-0.2, 0) is 9.47 Å². The lowest BCUT2D eigenvalue weighted by atomic mass is 9.89. The number of ether oxygens (including phenoxy) is 3. The number of imidazole rings is 1. The number of morpholine rings is 1. The predicted molar refractivity (Wildman–Crippen MR) is 136 cm³/mol. The molecule has 1 saturated heterocycles. The van der Waals surface area contributed by atoms with Gasteiger partial charge in [0.15, 0.2) is 11.4 Å². The molecule has 1 amide bonds. The van der Waals surface area contributed by atoms with Crippen molar-refractivity contribution in [2.75, 3.05) is 31.2 Å². The van der Waals surface area contributed by atoms with E-state index in [4.69, 9.17) is 18.6 Å². The van der Waals surface area contributed by atoms with Crippen molar-refractivity contribution in [3.05, 3.63) is 36.7 Å². The van der Waals surface area contributed by atoms with Crippen LogP contribution in [0.5, 0.6) is 5.88 Å². The Balaban J connectivity index is 1.18. The number of nitrogens with zero attached hydrogens (tertiary/aromatic N) is 5. The Morgan fingerprint density at radius 3 is 2.73 bits per heavy atom. The number of anilines is 1. The Hall–Kier alpha value is -3.86. The molecule has 1 aliphatic carbocycles. The summed E-state index contributed by atoms with van der Waals surface area (Å²) in [5, 5.41) is 8.49. The second-order valence-corrected chi connectivity index (χ2v) is 10.4. The molecule has 1 saturated carbocycles. The average molecular weight is 507 g/mol. The van der Waals surface area contributed by atoms with E-state index in [-0.39, 0.29) is 12.1 Å². The molecule has 0 aromatic carbocycles. The van der Waals surface area contributed by atoms with Gasteiger partial charge < -0.3 is 28.8 Å². The first-order valence-corrected chi connectivity index (χ1v) is 12.5. The number of aromatic nitrogens is 4. The molecule has 11 nitrogen and oxygen atoms in total. The topological polar surface area (TPSA) is 116 Å². The number of pyridine rings is 1. The van der Waals surface area contributed by atoms with Crippen LogP contribution in [0, 0.1) is 0 Å². The number of fused-ring (bicyclic) bond motifs is 2. The number of carbonyl (C=O) groups excluding carboxylic acids is 1. The average Bonchev–Trinajstić information content (AvgIpc) is 3.45. The third-order valence-corrected chi connectivity index (χ3v) is 6.43. The van der Waals surface area contributed by atoms with Crippen molar-refractivity contribution < 1.29 is 23.4 Å². The fourth-order valence-electron chi connectivity index (χ4n) is 4.61. The first-order chi connectivity index (χ1) is 17.8. The van der Waals surface area contributed by atoms with Gasteiger partial charge in [-0.15, -0.1) is 5.10 Å². The molecule has 4 aromatic rings. The van der Waals surface area contributed by atoms with E-state index in [2.05, 4.69) is 25.3 Å². The Bertz CT molecular complexity index is 1430. The van der Waals surface area contributed by atoms with E-state index in [1.807, 2.05) is 39.0 Å². The van der Waals surface area contributed by atoms with Gasteiger partial charge in [0.2, 0.25) is 5.88 Å². The summed E-state index contributed by atoms with van der Waals surface area (Å²) in [6.07, 6.45) is 4.45. The number of nitrogens with one attached hydrogen (secondary N) is 1. The van der Waals surface area contributed by atoms with Gasteiger partial charge >= 0.3 is 6.09 Å². The Morgan fingerprint density at radius 1 is 1.14 bits per heavy atom. The molecular formula is C26H30N6O5. The quantitative estimate of drug-likeness (QED) is 0.431. The summed E-state index contributed by atoms with van der Waals surface area (Å²) in [6, 6.07) is 7.55. The van der Waals surface area contributed by atoms with Crippen LogP contribution in [0.2, 0.25) is 0 Å². The van der Waals surface area contributed by atoms with Gasteiger partial charge in [0.25, 0.3) is 0 Å². The number of carbonyl (C=O) groups is 1. The minimum atomic E-state index is -0.522. The highest BCUT2D eigenvalue weighted by Crippen LogP contribution is 2.33. The summed E-state index contributed by atoms with van der Waals surface area (Å²) in [4.78, 5) is 23.3. The molecule has 0 unspecified atom stereocenters. The van der Waals surface area contributed by atoms with Crippen LogP contribution in [0.3, 0.4) is 0 Å². The second-order valence-electron chi connectivity index (χ2n) is 10.4. The lowest BCUT2D eigenvalue weighted by Gasteiger charge is -2.35. The molecule has 194 valence electrons. The molecule has 37 heavy (non-hydrogen) atoms. The Morgan fingerprint density at radius 2 is 1.95 bits per heavy atom. The zero-order chi connectivity index (χ0) is 25.6. The highest BCUT2D eigenvalue weighted by atomic mass is 16.6. The molecule has 0 bridgehead atoms. The van der Waals surface area contributed by atoms with Crippen molar-refractivity contribution in [2.45, 2.75) is 51.4 Å². The van der Waals surface area contributed by atoms with Crippen LogP contribution in [0.4, 0.5) is 10.6 Å². The maximum atomic E-state index is 12.0. The number of hydrogen-bond acceptors (Lipinski definition) is 9. The van der Waals surface area contributed by atoms with Crippen molar-refractivity contribution in [1.82, 2.24) is 24.9 Å². The number of rotatable bonds is 5. The molecule has 2 fully saturated rings. The maximum absolute atomic E-state index is 12.0. The summed E-state index contributed by atoms with van der Waals surface area (Å²) in [5.41, 5.74) is 1.65. The molecule has 0 radical (unpaired) electrons. The number of hydrogen-bond donors (Lipinski definition) is 1. The molecule has 5 heterocycles. The Kier molecular flexibility index (Phi) is 5.86. The summed E-state index contributed by atoms with van der Waals surface area (Å²) >= 11 is 0. The van der Waals surface area contributed by atoms with E-state index < -0.39 is 11.7 Å². The minimum absolute atomic E-state index is 0.0252. The number of furan rings is 1. The van der Waals surface area contributed by atoms with E-state index in [1.54, 1.807) is 23.0 Å². The second kappa shape index (κ2) is 9.22. The molecule has 0 atom stereocenters. The van der Waals surface area contributed by atoms with Crippen LogP contribution < -0.4 is 15.0 Å². The van der Waals surface area contributed by atoms with Gasteiger partial charge in [-0.3, -0.25) is 0 Å². The van der Waals surface area contributed by atoms with E-state index in [0.29, 0.717) is 43.3 Å². The van der Waals surface area contributed by atoms with Crippen molar-refractivity contribution in [3.8, 4) is 17.3 Å². The Labute approximate surface area is 213 Å². The van der Waals surface area contributed by atoms with E-state index in [0.717, 1.165) is 35.6 Å². The van der Waals surface area contributed by atoms with Crippen LogP contribution in [0.1, 0.15) is 33.6 Å². The van der Waals surface area contributed by atoms with Gasteiger partial charge in [-0.25, -0.2) is 19.3 Å². The number of amides is 1. The van der Waals surface area contributed by atoms with E-state index in [1.165, 1.54) is 0 Å². The highest BCUT2D eigenvalue weighted by Gasteiger charge is 2.33. The largest absolute Gasteiger partial charge is 0.473 e. The normalized spacial score (nSPS) is 20.1. The lowest BCUT2D eigenvalue weighted by molar-refractivity contribution is 0.0352. The summed E-state index contributed by atoms with van der Waals surface area (Å²) in [6.45, 7) is 8.48. The molecular weight excluding hydrogens is 476 g/mol. The van der Waals surface area contributed by atoms with Crippen molar-refractivity contribution in [1.29, 1.82) is 0 Å². The standard InChI is InChI=1S/C26H30N6O5/c1-26(2,3)37-25(33)29-16-12-17(13-16)35-23-5-4-22-28-15-19(32(22)30-23)21-14-18-20(36-21)6-7-27-24(18)31-8-10-34-11-9-31/h4-7,14-17H,8-13H2,1-3H3,(H,29,33)/t16-,17-. The molecule has 1 N–H and O–H groups in total. The van der Waals surface area contributed by atoms with Gasteiger partial charge in [-0.1, -0.05) is 0 Å². The molecule has 1 aliphatic heterocycles. The maximum Gasteiger partial charge on any atom is 0.407 e. The van der Waals surface area contributed by atoms with E-state index in [9.17, 15) is 4.79 Å². The lowest BCUT2D eigenvalue weighted by Crippen LogP contribution is -2.50. The monoisotopic (exact) mass is 506 g/mol. The number of alkyl carbamates (subject to hydrolysis) is 1. The van der Waals surface area contributed by atoms with Crippen molar-refractivity contribution in [3.63, 3.8) is 0 Å². The zero-order valence-corrected chi connectivity index (χ0v) is 21.1. The van der Waals surface area contributed by atoms with Gasteiger partial charge in [0.1, 0.15) is 28.8 Å². The van der Waals surface area contributed by atoms with E-state index >= 15 is 0 Å². The molecule has 11 heteroatoms. The first-order valence-electron chi connectivity index (χ1n) is 12.5. The summed E-state index contributed by atoms with van der Waals surface area (Å²) in [7, 11) is 0. The molecule has 2 aliphatic rings. The third kappa shape index (κ3) is 4.91. The van der Waals surface area contributed by atoms with Crippen LogP contribution >= 0.6 is 0 Å². The van der Waals surface area contributed by atoms with Crippen molar-refractivity contribution in [2.24, 2.45) is 0 Å². The SMILES string of the molecule is CC(C)(C)OC(=O)N[C@H]1C[C@H](Oc2ccc3ncc(-c4cc5c(N6CCOCC6)nccc5o4)n3n2)C1. The third-order valence-electron chi connectivity index (χ3n) is 6.43. The molecule has 6 rings (SSSR count). The van der Waals surface area contributed by atoms with Gasteiger partial charge in [0, 0.05) is 44.2 Å². The van der Waals surface area contributed by atoms with Crippen LogP contribution in [-0.4, -0.2) is 69.7 Å². The first kappa shape index (κ1) is 23.5. The van der Waals surface area contributed by atoms with Crippen LogP contribution in [0.15, 0.2) is 41.1 Å². The summed E-state index contributed by atoms with van der Waals surface area (Å²) in [5.74, 6) is 2.03. The fourth-order valence-corrected chi connectivity index (χ4v) is 4.61. The zero-order valence-electron chi connectivity index (χ0n) is 21.1. The summed E-state index contributed by atoms with van der Waals surface area (Å²) < 4.78 is 24.8. The minimum Gasteiger partial charge on any atom is -0.473 e. The molecule has 4 aromatic heterocycles. The predicted octanol–water partition coefficient (Wildman–Crippen LogP) is 3.81. The van der Waals surface area contributed by atoms with Crippen LogP contribution in [0.25, 0.3) is 28.1 Å². The van der Waals surface area contributed by atoms with Gasteiger partial charge in [0.05, 0.1) is 24.8 Å². The fraction of sp³-hybridized carbons (Fsp3) is 0.462. The van der Waals surface area contributed by atoms with Gasteiger partial charge in [-0.2, -0.15) is 0 Å². The molecule has 0 spiro atoms. The smallest absolute Gasteiger partial charge is 0.407 e. The van der Waals surface area contributed by atoms with Crippen molar-refractivity contribution >= 4 is 28.5 Å². The highest BCUT2D eigenvalue weighted by molar-refractivity contribution is 5.92.